The van der Waals surface area contributed by atoms with Crippen LogP contribution in [0.5, 0.6) is 0 Å². The molecular formula is C25H24ClFN2O2. The van der Waals surface area contributed by atoms with Gasteiger partial charge in [0.05, 0.1) is 0 Å². The molecule has 2 N–H and O–H groups in total. The molecule has 6 heteroatoms. The molecule has 1 aliphatic carbocycles. The van der Waals surface area contributed by atoms with E-state index in [1.807, 2.05) is 19.1 Å². The Labute approximate surface area is 186 Å². The van der Waals surface area contributed by atoms with Gasteiger partial charge in [0.2, 0.25) is 0 Å². The number of halogens is 2. The molecule has 1 amide bonds. The summed E-state index contributed by atoms with van der Waals surface area (Å²) >= 11 is 6.26. The molecule has 0 bridgehead atoms. The largest absolute Gasteiger partial charge is 0.362 e. The summed E-state index contributed by atoms with van der Waals surface area (Å²) in [6.07, 6.45) is 1.13. The van der Waals surface area contributed by atoms with Gasteiger partial charge in [-0.25, -0.2) is 4.39 Å². The number of anilines is 1. The second kappa shape index (κ2) is 7.97. The van der Waals surface area contributed by atoms with E-state index in [1.54, 1.807) is 12.1 Å². The van der Waals surface area contributed by atoms with Crippen LogP contribution in [-0.2, 0) is 9.59 Å². The van der Waals surface area contributed by atoms with Gasteiger partial charge in [0.15, 0.2) is 5.78 Å². The van der Waals surface area contributed by atoms with Crippen LogP contribution < -0.4 is 10.6 Å². The minimum atomic E-state index is -0.529. The summed E-state index contributed by atoms with van der Waals surface area (Å²) < 4.78 is 13.3. The van der Waals surface area contributed by atoms with Crippen molar-refractivity contribution in [2.45, 2.75) is 39.5 Å². The number of nitrogens with one attached hydrogen (secondary N) is 2. The Morgan fingerprint density at radius 3 is 2.55 bits per heavy atom. The highest BCUT2D eigenvalue weighted by Crippen LogP contribution is 2.47. The van der Waals surface area contributed by atoms with Gasteiger partial charge >= 0.3 is 0 Å². The van der Waals surface area contributed by atoms with Crippen LogP contribution in [-0.4, -0.2) is 11.7 Å². The lowest BCUT2D eigenvalue weighted by Crippen LogP contribution is -2.39. The van der Waals surface area contributed by atoms with E-state index in [4.69, 9.17) is 11.6 Å². The molecule has 4 rings (SSSR count). The summed E-state index contributed by atoms with van der Waals surface area (Å²) in [5.41, 5.74) is 3.74. The average Bonchev–Trinajstić information content (AvgIpc) is 2.67. The van der Waals surface area contributed by atoms with Crippen molar-refractivity contribution in [2.24, 2.45) is 5.41 Å². The molecule has 0 aromatic heterocycles. The van der Waals surface area contributed by atoms with Crippen LogP contribution in [0.25, 0.3) is 0 Å². The first-order valence-electron chi connectivity index (χ1n) is 10.2. The first kappa shape index (κ1) is 21.3. The fraction of sp³-hybridized carbons (Fsp3) is 0.280. The van der Waals surface area contributed by atoms with Gasteiger partial charge in [-0.3, -0.25) is 9.59 Å². The molecule has 0 saturated heterocycles. The lowest BCUT2D eigenvalue weighted by atomic mass is 9.68. The normalized spacial score (nSPS) is 20.3. The van der Waals surface area contributed by atoms with Crippen LogP contribution in [0, 0.1) is 11.2 Å². The highest BCUT2D eigenvalue weighted by atomic mass is 35.5. The number of amides is 1. The van der Waals surface area contributed by atoms with Crippen LogP contribution in [0.2, 0.25) is 5.02 Å². The van der Waals surface area contributed by atoms with E-state index in [2.05, 4.69) is 24.5 Å². The Kier molecular flexibility index (Phi) is 5.48. The van der Waals surface area contributed by atoms with E-state index in [1.165, 1.54) is 24.3 Å². The summed E-state index contributed by atoms with van der Waals surface area (Å²) in [6.45, 7) is 5.98. The van der Waals surface area contributed by atoms with E-state index in [9.17, 15) is 14.0 Å². The minimum absolute atomic E-state index is 0.0308. The molecule has 160 valence electrons. The lowest BCUT2D eigenvalue weighted by Gasteiger charge is -2.39. The van der Waals surface area contributed by atoms with Gasteiger partial charge in [0, 0.05) is 45.6 Å². The second-order valence-corrected chi connectivity index (χ2v) is 9.38. The highest BCUT2D eigenvalue weighted by molar-refractivity contribution is 6.30. The van der Waals surface area contributed by atoms with Crippen LogP contribution in [0.15, 0.2) is 71.1 Å². The molecule has 0 fully saturated rings. The Morgan fingerprint density at radius 1 is 1.16 bits per heavy atom. The third-order valence-corrected chi connectivity index (χ3v) is 6.00. The highest BCUT2D eigenvalue weighted by Gasteiger charge is 2.42. The number of allylic oxidation sites excluding steroid dienone is 3. The predicted molar refractivity (Wildman–Crippen MR) is 120 cm³/mol. The average molecular weight is 439 g/mol. The SMILES string of the molecule is CC1=C(C(=O)Nc2ccc(F)cc2)[C@H](c2cccc(Cl)c2)C2=C(CC(C)(C)CC2=O)N1. The maximum absolute atomic E-state index is 13.4. The molecule has 2 aliphatic rings. The second-order valence-electron chi connectivity index (χ2n) is 8.95. The van der Waals surface area contributed by atoms with Crippen molar-refractivity contribution in [3.05, 3.63) is 87.5 Å². The van der Waals surface area contributed by atoms with E-state index in [0.29, 0.717) is 34.0 Å². The van der Waals surface area contributed by atoms with Crippen LogP contribution in [0.3, 0.4) is 0 Å². The van der Waals surface area contributed by atoms with E-state index in [0.717, 1.165) is 17.7 Å². The number of ketones is 1. The minimum Gasteiger partial charge on any atom is -0.362 e. The Morgan fingerprint density at radius 2 is 1.87 bits per heavy atom. The zero-order valence-corrected chi connectivity index (χ0v) is 18.4. The third-order valence-electron chi connectivity index (χ3n) is 5.77. The van der Waals surface area contributed by atoms with Crippen molar-refractivity contribution < 1.29 is 14.0 Å². The first-order chi connectivity index (χ1) is 14.6. The molecule has 1 atom stereocenters. The fourth-order valence-electron chi connectivity index (χ4n) is 4.49. The quantitative estimate of drug-likeness (QED) is 0.644. The van der Waals surface area contributed by atoms with E-state index >= 15 is 0 Å². The number of rotatable bonds is 3. The van der Waals surface area contributed by atoms with Crippen molar-refractivity contribution in [2.75, 3.05) is 5.32 Å². The van der Waals surface area contributed by atoms with E-state index < -0.39 is 5.92 Å². The number of dihydropyridines is 1. The molecule has 31 heavy (non-hydrogen) atoms. The Hall–Kier alpha value is -2.92. The van der Waals surface area contributed by atoms with Crippen LogP contribution >= 0.6 is 11.6 Å². The molecule has 0 unspecified atom stereocenters. The van der Waals surface area contributed by atoms with Crippen LogP contribution in [0.4, 0.5) is 10.1 Å². The zero-order valence-electron chi connectivity index (χ0n) is 17.7. The fourth-order valence-corrected chi connectivity index (χ4v) is 4.69. The number of carbonyl (C=O) groups is 2. The summed E-state index contributed by atoms with van der Waals surface area (Å²) in [5.74, 6) is -1.22. The van der Waals surface area contributed by atoms with Crippen LogP contribution in [0.1, 0.15) is 45.1 Å². The van der Waals surface area contributed by atoms with Gasteiger partial charge in [-0.15, -0.1) is 0 Å². The molecule has 1 heterocycles. The number of carbonyl (C=O) groups excluding carboxylic acids is 2. The summed E-state index contributed by atoms with van der Waals surface area (Å²) in [4.78, 5) is 26.6. The number of hydrogen-bond donors (Lipinski definition) is 2. The van der Waals surface area contributed by atoms with Gasteiger partial charge < -0.3 is 10.6 Å². The molecule has 2 aromatic rings. The Balaban J connectivity index is 1.80. The molecule has 0 radical (unpaired) electrons. The van der Waals surface area contributed by atoms with Gasteiger partial charge in [-0.2, -0.15) is 0 Å². The van der Waals surface area contributed by atoms with E-state index in [-0.39, 0.29) is 22.9 Å². The monoisotopic (exact) mass is 438 g/mol. The van der Waals surface area contributed by atoms with Crippen molar-refractivity contribution >= 4 is 29.0 Å². The zero-order chi connectivity index (χ0) is 22.3. The number of hydrogen-bond acceptors (Lipinski definition) is 3. The number of benzene rings is 2. The van der Waals surface area contributed by atoms with Gasteiger partial charge in [-0.1, -0.05) is 37.6 Å². The summed E-state index contributed by atoms with van der Waals surface area (Å²) in [7, 11) is 0. The maximum atomic E-state index is 13.4. The smallest absolute Gasteiger partial charge is 0.254 e. The molecular weight excluding hydrogens is 415 g/mol. The van der Waals surface area contributed by atoms with Crippen molar-refractivity contribution in [3.63, 3.8) is 0 Å². The maximum Gasteiger partial charge on any atom is 0.254 e. The molecule has 0 spiro atoms. The third kappa shape index (κ3) is 4.28. The molecule has 2 aromatic carbocycles. The summed E-state index contributed by atoms with van der Waals surface area (Å²) in [6, 6.07) is 12.9. The topological polar surface area (TPSA) is 58.2 Å². The lowest BCUT2D eigenvalue weighted by molar-refractivity contribution is -0.118. The van der Waals surface area contributed by atoms with Gasteiger partial charge in [0.1, 0.15) is 5.82 Å². The molecule has 4 nitrogen and oxygen atoms in total. The van der Waals surface area contributed by atoms with Crippen molar-refractivity contribution in [3.8, 4) is 0 Å². The van der Waals surface area contributed by atoms with Crippen molar-refractivity contribution in [1.82, 2.24) is 5.32 Å². The predicted octanol–water partition coefficient (Wildman–Crippen LogP) is 5.72. The first-order valence-corrected chi connectivity index (χ1v) is 10.6. The van der Waals surface area contributed by atoms with Gasteiger partial charge in [0.25, 0.3) is 5.91 Å². The van der Waals surface area contributed by atoms with Crippen molar-refractivity contribution in [1.29, 1.82) is 0 Å². The standard InChI is InChI=1S/C25H24ClFN2O2/c1-14-21(24(31)29-18-9-7-17(27)8-10-18)22(15-5-4-6-16(26)11-15)23-19(28-14)12-25(2,3)13-20(23)30/h4-11,22,28H,12-13H2,1-3H3,(H,29,31)/t22-/m0/s1. The molecule has 1 aliphatic heterocycles. The number of Topliss-reactive ketones (excluding diaryl/α,β-unsaturated/α-hetero) is 1. The summed E-state index contributed by atoms with van der Waals surface area (Å²) in [5, 5.41) is 6.71. The Bertz CT molecular complexity index is 1130. The van der Waals surface area contributed by atoms with Gasteiger partial charge in [-0.05, 0) is 60.7 Å². The molecule has 0 saturated carbocycles.